The molecule has 0 spiro atoms. The number of carbonyl (C=O) groups excluding carboxylic acids is 1. The van der Waals surface area contributed by atoms with Gasteiger partial charge in [0.15, 0.2) is 0 Å². The minimum absolute atomic E-state index is 0.117. The molecule has 3 N–H and O–H groups in total. The summed E-state index contributed by atoms with van der Waals surface area (Å²) in [5.41, 5.74) is 3.55. The number of amides is 1. The molecule has 0 aliphatic carbocycles. The summed E-state index contributed by atoms with van der Waals surface area (Å²) in [5, 5.41) is 15.2. The number of benzene rings is 3. The van der Waals surface area contributed by atoms with E-state index in [1.165, 1.54) is 25.1 Å². The zero-order valence-corrected chi connectivity index (χ0v) is 15.6. The fraction of sp³-hybridized carbons (Fsp3) is 0.0435. The van der Waals surface area contributed by atoms with Gasteiger partial charge >= 0.3 is 5.97 Å². The predicted molar refractivity (Wildman–Crippen MR) is 113 cm³/mol. The molecule has 0 saturated heterocycles. The van der Waals surface area contributed by atoms with Crippen LogP contribution in [-0.2, 0) is 4.79 Å². The fourth-order valence-corrected chi connectivity index (χ4v) is 2.72. The van der Waals surface area contributed by atoms with Crippen LogP contribution in [0.5, 0.6) is 0 Å². The summed E-state index contributed by atoms with van der Waals surface area (Å²) in [4.78, 5) is 22.6. The molecule has 146 valence electrons. The Morgan fingerprint density at radius 2 is 1.45 bits per heavy atom. The lowest BCUT2D eigenvalue weighted by molar-refractivity contribution is -0.114. The summed E-state index contributed by atoms with van der Waals surface area (Å²) < 4.78 is 13.1. The second-order valence-corrected chi connectivity index (χ2v) is 6.38. The quantitative estimate of drug-likeness (QED) is 0.493. The van der Waals surface area contributed by atoms with Crippen LogP contribution in [0.4, 0.5) is 21.5 Å². The maximum Gasteiger partial charge on any atom is 0.337 e. The van der Waals surface area contributed by atoms with Crippen LogP contribution in [0.1, 0.15) is 28.4 Å². The van der Waals surface area contributed by atoms with E-state index in [9.17, 15) is 19.1 Å². The molecule has 0 heterocycles. The van der Waals surface area contributed by atoms with Crippen LogP contribution in [0.2, 0.25) is 0 Å². The van der Waals surface area contributed by atoms with E-state index in [4.69, 9.17) is 0 Å². The molecule has 0 aliphatic rings. The maximum absolute atomic E-state index is 13.1. The van der Waals surface area contributed by atoms with Crippen molar-refractivity contribution in [3.63, 3.8) is 0 Å². The van der Waals surface area contributed by atoms with Crippen molar-refractivity contribution in [2.45, 2.75) is 6.92 Å². The molecule has 0 fully saturated rings. The van der Waals surface area contributed by atoms with Gasteiger partial charge in [-0.1, -0.05) is 30.4 Å². The lowest BCUT2D eigenvalue weighted by Gasteiger charge is -2.11. The highest BCUT2D eigenvalue weighted by molar-refractivity contribution is 5.96. The van der Waals surface area contributed by atoms with Crippen molar-refractivity contribution in [3.05, 3.63) is 89.2 Å². The Kier molecular flexibility index (Phi) is 6.04. The lowest BCUT2D eigenvalue weighted by atomic mass is 10.1. The zero-order chi connectivity index (χ0) is 20.8. The molecule has 0 unspecified atom stereocenters. The molecular formula is C23H19FN2O3. The average Bonchev–Trinajstić information content (AvgIpc) is 2.69. The van der Waals surface area contributed by atoms with Gasteiger partial charge in [-0.2, -0.15) is 0 Å². The van der Waals surface area contributed by atoms with Crippen LogP contribution in [-0.4, -0.2) is 17.0 Å². The number of anilines is 3. The number of rotatable bonds is 6. The summed E-state index contributed by atoms with van der Waals surface area (Å²) in [7, 11) is 0. The van der Waals surface area contributed by atoms with Crippen LogP contribution in [0, 0.1) is 5.82 Å². The third-order valence-electron chi connectivity index (χ3n) is 4.10. The van der Waals surface area contributed by atoms with E-state index >= 15 is 0 Å². The fourth-order valence-electron chi connectivity index (χ4n) is 2.72. The average molecular weight is 390 g/mol. The molecule has 0 radical (unpaired) electrons. The Morgan fingerprint density at radius 1 is 0.862 bits per heavy atom. The van der Waals surface area contributed by atoms with Gasteiger partial charge < -0.3 is 15.7 Å². The van der Waals surface area contributed by atoms with Crippen molar-refractivity contribution in [3.8, 4) is 0 Å². The van der Waals surface area contributed by atoms with E-state index < -0.39 is 5.97 Å². The first kappa shape index (κ1) is 19.8. The lowest BCUT2D eigenvalue weighted by Crippen LogP contribution is -2.05. The molecule has 0 saturated carbocycles. The second kappa shape index (κ2) is 8.84. The van der Waals surface area contributed by atoms with Crippen LogP contribution in [0.15, 0.2) is 66.7 Å². The number of halogens is 1. The number of hydrogen-bond donors (Lipinski definition) is 3. The van der Waals surface area contributed by atoms with Gasteiger partial charge in [-0.05, 0) is 59.7 Å². The molecule has 3 rings (SSSR count). The van der Waals surface area contributed by atoms with Crippen molar-refractivity contribution in [2.24, 2.45) is 0 Å². The Bertz CT molecular complexity index is 1060. The van der Waals surface area contributed by atoms with Crippen LogP contribution in [0.3, 0.4) is 0 Å². The topological polar surface area (TPSA) is 78.4 Å². The number of nitrogens with one attached hydrogen (secondary N) is 2. The Balaban J connectivity index is 1.82. The van der Waals surface area contributed by atoms with E-state index in [0.717, 1.165) is 11.1 Å². The summed E-state index contributed by atoms with van der Waals surface area (Å²) >= 11 is 0. The van der Waals surface area contributed by atoms with E-state index in [0.29, 0.717) is 17.1 Å². The number of hydrogen-bond acceptors (Lipinski definition) is 3. The van der Waals surface area contributed by atoms with Gasteiger partial charge in [-0.15, -0.1) is 0 Å². The van der Waals surface area contributed by atoms with Gasteiger partial charge in [0, 0.05) is 18.3 Å². The highest BCUT2D eigenvalue weighted by Crippen LogP contribution is 2.24. The van der Waals surface area contributed by atoms with Gasteiger partial charge in [0.2, 0.25) is 5.91 Å². The summed E-state index contributed by atoms with van der Waals surface area (Å²) in [6.07, 6.45) is 3.74. The number of carboxylic acid groups (broad SMARTS) is 1. The minimum Gasteiger partial charge on any atom is -0.478 e. The van der Waals surface area contributed by atoms with Crippen molar-refractivity contribution in [2.75, 3.05) is 10.6 Å². The van der Waals surface area contributed by atoms with Gasteiger partial charge in [0.25, 0.3) is 0 Å². The monoisotopic (exact) mass is 390 g/mol. The van der Waals surface area contributed by atoms with E-state index in [-0.39, 0.29) is 17.3 Å². The van der Waals surface area contributed by atoms with E-state index in [1.807, 2.05) is 24.3 Å². The Hall–Kier alpha value is -3.93. The molecule has 0 bridgehead atoms. The molecule has 0 aliphatic heterocycles. The van der Waals surface area contributed by atoms with Crippen molar-refractivity contribution >= 4 is 41.1 Å². The standard InChI is InChI=1S/C23H19FN2O3/c1-15(27)25-19-9-4-16(5-10-19)2-3-17-6-13-21(23(28)29)22(14-17)26-20-11-7-18(24)8-12-20/h2-14,26H,1H3,(H,25,27)(H,28,29)/b3-2+. The molecule has 3 aromatic carbocycles. The maximum atomic E-state index is 13.1. The smallest absolute Gasteiger partial charge is 0.337 e. The number of aromatic carboxylic acids is 1. The van der Waals surface area contributed by atoms with Gasteiger partial charge in [0.1, 0.15) is 5.82 Å². The Labute approximate surface area is 167 Å². The number of carbonyl (C=O) groups is 2. The highest BCUT2D eigenvalue weighted by atomic mass is 19.1. The van der Waals surface area contributed by atoms with Gasteiger partial charge in [-0.25, -0.2) is 9.18 Å². The summed E-state index contributed by atoms with van der Waals surface area (Å²) in [5.74, 6) is -1.55. The van der Waals surface area contributed by atoms with Crippen molar-refractivity contribution in [1.29, 1.82) is 0 Å². The van der Waals surface area contributed by atoms with Crippen molar-refractivity contribution < 1.29 is 19.1 Å². The minimum atomic E-state index is -1.06. The summed E-state index contributed by atoms with van der Waals surface area (Å²) in [6, 6.07) is 18.0. The van der Waals surface area contributed by atoms with Crippen LogP contribution in [0.25, 0.3) is 12.2 Å². The SMILES string of the molecule is CC(=O)Nc1ccc(/C=C/c2ccc(C(=O)O)c(Nc3ccc(F)cc3)c2)cc1. The molecular weight excluding hydrogens is 371 g/mol. The predicted octanol–water partition coefficient (Wildman–Crippen LogP) is 5.40. The zero-order valence-electron chi connectivity index (χ0n) is 15.6. The van der Waals surface area contributed by atoms with Gasteiger partial charge in [0.05, 0.1) is 11.3 Å². The second-order valence-electron chi connectivity index (χ2n) is 6.38. The molecule has 0 atom stereocenters. The van der Waals surface area contributed by atoms with E-state index in [2.05, 4.69) is 10.6 Å². The third kappa shape index (κ3) is 5.52. The molecule has 0 aromatic heterocycles. The first-order valence-corrected chi connectivity index (χ1v) is 8.86. The largest absolute Gasteiger partial charge is 0.478 e. The molecule has 6 heteroatoms. The first-order valence-electron chi connectivity index (χ1n) is 8.86. The van der Waals surface area contributed by atoms with Gasteiger partial charge in [-0.3, -0.25) is 4.79 Å². The van der Waals surface area contributed by atoms with Crippen LogP contribution < -0.4 is 10.6 Å². The molecule has 29 heavy (non-hydrogen) atoms. The van der Waals surface area contributed by atoms with E-state index in [1.54, 1.807) is 36.4 Å². The Morgan fingerprint density at radius 3 is 2.07 bits per heavy atom. The summed E-state index contributed by atoms with van der Waals surface area (Å²) in [6.45, 7) is 1.45. The molecule has 3 aromatic rings. The molecule has 5 nitrogen and oxygen atoms in total. The van der Waals surface area contributed by atoms with Crippen LogP contribution >= 0.6 is 0 Å². The number of carboxylic acids is 1. The normalized spacial score (nSPS) is 10.7. The first-order chi connectivity index (χ1) is 13.9. The van der Waals surface area contributed by atoms with Crippen molar-refractivity contribution in [1.82, 2.24) is 0 Å². The highest BCUT2D eigenvalue weighted by Gasteiger charge is 2.10. The molecule has 1 amide bonds. The third-order valence-corrected chi connectivity index (χ3v) is 4.10.